The first-order valence-corrected chi connectivity index (χ1v) is 8.37. The van der Waals surface area contributed by atoms with Gasteiger partial charge in [-0.1, -0.05) is 32.9 Å². The number of carbonyl (C=O) groups excluding carboxylic acids is 1. The van der Waals surface area contributed by atoms with Crippen LogP contribution in [0, 0.1) is 11.3 Å². The number of hydrogen-bond donors (Lipinski definition) is 1. The van der Waals surface area contributed by atoms with E-state index in [0.29, 0.717) is 18.4 Å². The molecule has 0 radical (unpaired) electrons. The zero-order chi connectivity index (χ0) is 16.8. The smallest absolute Gasteiger partial charge is 0.255 e. The highest BCUT2D eigenvalue weighted by Crippen LogP contribution is 2.40. The minimum Gasteiger partial charge on any atom is -0.393 e. The van der Waals surface area contributed by atoms with E-state index in [1.165, 1.54) is 0 Å². The van der Waals surface area contributed by atoms with Crippen LogP contribution in [-0.2, 0) is 5.41 Å². The first-order valence-electron chi connectivity index (χ1n) is 8.37. The fourth-order valence-corrected chi connectivity index (χ4v) is 3.70. The average Bonchev–Trinajstić information content (AvgIpc) is 2.79. The molecular weight excluding hydrogens is 288 g/mol. The van der Waals surface area contributed by atoms with Crippen molar-refractivity contribution in [1.82, 2.24) is 4.90 Å². The molecule has 2 aliphatic rings. The van der Waals surface area contributed by atoms with Gasteiger partial charge in [0.2, 0.25) is 0 Å². The van der Waals surface area contributed by atoms with Crippen molar-refractivity contribution in [1.29, 1.82) is 5.26 Å². The molecule has 1 N–H and O–H groups in total. The number of nitriles is 1. The van der Waals surface area contributed by atoms with Crippen LogP contribution < -0.4 is 0 Å². The lowest BCUT2D eigenvalue weighted by molar-refractivity contribution is 0.0479. The summed E-state index contributed by atoms with van der Waals surface area (Å²) in [5.74, 6) is -0.0339. The van der Waals surface area contributed by atoms with Crippen LogP contribution in [-0.4, -0.2) is 28.1 Å². The first-order chi connectivity index (χ1) is 10.8. The molecule has 0 spiro atoms. The van der Waals surface area contributed by atoms with Crippen LogP contribution >= 0.6 is 0 Å². The van der Waals surface area contributed by atoms with Crippen molar-refractivity contribution in [2.24, 2.45) is 0 Å². The van der Waals surface area contributed by atoms with Gasteiger partial charge in [0.05, 0.1) is 12.2 Å². The van der Waals surface area contributed by atoms with Gasteiger partial charge < -0.3 is 10.0 Å². The number of hydrogen-bond acceptors (Lipinski definition) is 3. The highest BCUT2D eigenvalue weighted by Gasteiger charge is 2.42. The van der Waals surface area contributed by atoms with Gasteiger partial charge >= 0.3 is 0 Å². The van der Waals surface area contributed by atoms with Crippen molar-refractivity contribution in [2.45, 2.75) is 70.1 Å². The summed E-state index contributed by atoms with van der Waals surface area (Å²) in [5, 5.41) is 19.4. The van der Waals surface area contributed by atoms with Crippen LogP contribution in [0.5, 0.6) is 0 Å². The number of nitrogens with zero attached hydrogens (tertiary/aromatic N) is 2. The predicted octanol–water partition coefficient (Wildman–Crippen LogP) is 3.31. The van der Waals surface area contributed by atoms with E-state index < -0.39 is 6.04 Å². The molecule has 1 aromatic rings. The van der Waals surface area contributed by atoms with Gasteiger partial charge in [0.15, 0.2) is 0 Å². The molecular formula is C19H24N2O2. The third kappa shape index (κ3) is 2.74. The van der Waals surface area contributed by atoms with Crippen molar-refractivity contribution in [3.8, 4) is 6.07 Å². The highest BCUT2D eigenvalue weighted by molar-refractivity contribution is 6.00. The Morgan fingerprint density at radius 3 is 2.43 bits per heavy atom. The van der Waals surface area contributed by atoms with E-state index in [9.17, 15) is 15.2 Å². The van der Waals surface area contributed by atoms with E-state index in [-0.39, 0.29) is 23.5 Å². The molecule has 0 saturated heterocycles. The maximum absolute atomic E-state index is 12.8. The van der Waals surface area contributed by atoms with E-state index in [1.54, 1.807) is 4.90 Å². The molecule has 1 aliphatic heterocycles. The molecule has 4 heteroatoms. The Labute approximate surface area is 137 Å². The molecule has 0 bridgehead atoms. The van der Waals surface area contributed by atoms with Crippen molar-refractivity contribution in [3.63, 3.8) is 0 Å². The molecule has 1 amide bonds. The number of benzene rings is 1. The zero-order valence-corrected chi connectivity index (χ0v) is 14.0. The summed E-state index contributed by atoms with van der Waals surface area (Å²) < 4.78 is 0. The number of amides is 1. The van der Waals surface area contributed by atoms with Crippen LogP contribution in [0.4, 0.5) is 0 Å². The van der Waals surface area contributed by atoms with E-state index in [0.717, 1.165) is 24.0 Å². The summed E-state index contributed by atoms with van der Waals surface area (Å²) in [5.41, 5.74) is 2.64. The Balaban J connectivity index is 1.96. The maximum atomic E-state index is 12.8. The van der Waals surface area contributed by atoms with Crippen molar-refractivity contribution < 1.29 is 9.90 Å². The van der Waals surface area contributed by atoms with Crippen molar-refractivity contribution >= 4 is 5.91 Å². The third-order valence-electron chi connectivity index (χ3n) is 5.14. The molecule has 1 aromatic carbocycles. The molecule has 1 fully saturated rings. The summed E-state index contributed by atoms with van der Waals surface area (Å²) in [7, 11) is 0. The molecule has 1 aliphatic carbocycles. The summed E-state index contributed by atoms with van der Waals surface area (Å²) >= 11 is 0. The van der Waals surface area contributed by atoms with Gasteiger partial charge in [-0.15, -0.1) is 0 Å². The van der Waals surface area contributed by atoms with Gasteiger partial charge in [-0.3, -0.25) is 4.79 Å². The van der Waals surface area contributed by atoms with Crippen LogP contribution in [0.3, 0.4) is 0 Å². The largest absolute Gasteiger partial charge is 0.393 e. The fraction of sp³-hybridized carbons (Fsp3) is 0.579. The molecule has 122 valence electrons. The topological polar surface area (TPSA) is 64.3 Å². The Bertz CT molecular complexity index is 661. The normalized spacial score (nSPS) is 27.7. The summed E-state index contributed by atoms with van der Waals surface area (Å²) in [6, 6.07) is 7.79. The molecule has 1 atom stereocenters. The zero-order valence-electron chi connectivity index (χ0n) is 14.0. The monoisotopic (exact) mass is 312 g/mol. The van der Waals surface area contributed by atoms with Crippen LogP contribution in [0.15, 0.2) is 18.2 Å². The lowest BCUT2D eigenvalue weighted by atomic mass is 9.85. The minimum absolute atomic E-state index is 0.0134. The van der Waals surface area contributed by atoms with E-state index in [4.69, 9.17) is 0 Å². The lowest BCUT2D eigenvalue weighted by Gasteiger charge is -2.34. The molecule has 3 rings (SSSR count). The second kappa shape index (κ2) is 5.65. The fourth-order valence-electron chi connectivity index (χ4n) is 3.70. The van der Waals surface area contributed by atoms with Gasteiger partial charge in [0.25, 0.3) is 5.91 Å². The molecule has 23 heavy (non-hydrogen) atoms. The van der Waals surface area contributed by atoms with Crippen LogP contribution in [0.25, 0.3) is 0 Å². The minimum atomic E-state index is -0.500. The average molecular weight is 312 g/mol. The number of aliphatic hydroxyl groups excluding tert-OH is 1. The first kappa shape index (κ1) is 16.0. The van der Waals surface area contributed by atoms with Gasteiger partial charge in [0, 0.05) is 17.2 Å². The Hall–Kier alpha value is -1.86. The summed E-state index contributed by atoms with van der Waals surface area (Å²) in [6.07, 6.45) is 2.68. The van der Waals surface area contributed by atoms with Gasteiger partial charge in [-0.25, -0.2) is 0 Å². The number of rotatable bonds is 1. The lowest BCUT2D eigenvalue weighted by Crippen LogP contribution is -2.41. The Morgan fingerprint density at radius 1 is 1.22 bits per heavy atom. The number of carbonyl (C=O) groups is 1. The maximum Gasteiger partial charge on any atom is 0.255 e. The molecule has 1 saturated carbocycles. The van der Waals surface area contributed by atoms with E-state index in [1.807, 2.05) is 18.2 Å². The van der Waals surface area contributed by atoms with Crippen LogP contribution in [0.2, 0.25) is 0 Å². The predicted molar refractivity (Wildman–Crippen MR) is 87.9 cm³/mol. The number of fused-ring (bicyclic) bond motifs is 1. The third-order valence-corrected chi connectivity index (χ3v) is 5.14. The van der Waals surface area contributed by atoms with Gasteiger partial charge in [0.1, 0.15) is 6.04 Å². The van der Waals surface area contributed by atoms with Crippen molar-refractivity contribution in [3.05, 3.63) is 34.9 Å². The second-order valence-corrected chi connectivity index (χ2v) is 7.76. The standard InChI is InChI=1S/C19H24N2O2/c1-19(2,3)12-4-9-15-16(10-12)17(11-20)21(18(15)23)13-5-7-14(22)8-6-13/h4,9-10,13-14,17,22H,5-8H2,1-3H3. The van der Waals surface area contributed by atoms with Gasteiger partial charge in [-0.2, -0.15) is 5.26 Å². The Kier molecular flexibility index (Phi) is 3.93. The highest BCUT2D eigenvalue weighted by atomic mass is 16.3. The summed E-state index contributed by atoms with van der Waals surface area (Å²) in [4.78, 5) is 14.6. The van der Waals surface area contributed by atoms with E-state index in [2.05, 4.69) is 26.8 Å². The molecule has 4 nitrogen and oxygen atoms in total. The van der Waals surface area contributed by atoms with Gasteiger partial charge in [-0.05, 0) is 42.7 Å². The van der Waals surface area contributed by atoms with E-state index >= 15 is 0 Å². The summed E-state index contributed by atoms with van der Waals surface area (Å²) in [6.45, 7) is 6.40. The molecule has 0 aromatic heterocycles. The SMILES string of the molecule is CC(C)(C)c1ccc2c(c1)C(C#N)N(C1CCC(O)CC1)C2=O. The Morgan fingerprint density at radius 2 is 1.87 bits per heavy atom. The second-order valence-electron chi connectivity index (χ2n) is 7.76. The molecule has 1 heterocycles. The van der Waals surface area contributed by atoms with Crippen LogP contribution in [0.1, 0.15) is 74.0 Å². The number of aliphatic hydroxyl groups is 1. The molecule has 1 unspecified atom stereocenters. The quantitative estimate of drug-likeness (QED) is 0.865. The van der Waals surface area contributed by atoms with Crippen molar-refractivity contribution in [2.75, 3.05) is 0 Å².